The van der Waals surface area contributed by atoms with E-state index in [0.29, 0.717) is 30.7 Å². The minimum Gasteiger partial charge on any atom is -0.511 e. The van der Waals surface area contributed by atoms with Gasteiger partial charge in [-0.1, -0.05) is 43.3 Å². The van der Waals surface area contributed by atoms with Crippen LogP contribution in [0.1, 0.15) is 44.6 Å². The molecule has 0 heterocycles. The van der Waals surface area contributed by atoms with E-state index in [9.17, 15) is 23.1 Å². The quantitative estimate of drug-likeness (QED) is 0.151. The molecule has 0 aliphatic heterocycles. The van der Waals surface area contributed by atoms with Gasteiger partial charge in [-0.05, 0) is 36.6 Å². The summed E-state index contributed by atoms with van der Waals surface area (Å²) in [6.07, 6.45) is -0.585. The van der Waals surface area contributed by atoms with Gasteiger partial charge in [0.25, 0.3) is 0 Å². The number of nitrogens with zero attached hydrogens (tertiary/aromatic N) is 1. The number of benzene rings is 1. The summed E-state index contributed by atoms with van der Waals surface area (Å²) in [6, 6.07) is 5.46. The zero-order valence-electron chi connectivity index (χ0n) is 16.9. The number of hydrogen-bond acceptors (Lipinski definition) is 5. The zero-order valence-corrected chi connectivity index (χ0v) is 17.7. The Morgan fingerprint density at radius 3 is 2.73 bits per heavy atom. The molecule has 0 spiro atoms. The van der Waals surface area contributed by atoms with Crippen molar-refractivity contribution in [3.05, 3.63) is 53.8 Å². The molecular formula is C22H26F3NO3S. The van der Waals surface area contributed by atoms with Crippen molar-refractivity contribution in [2.75, 3.05) is 12.4 Å². The van der Waals surface area contributed by atoms with Crippen LogP contribution in [0.3, 0.4) is 0 Å². The fourth-order valence-corrected chi connectivity index (χ4v) is 4.47. The molecule has 1 atom stereocenters. The normalized spacial score (nSPS) is 17.9. The monoisotopic (exact) mass is 441 g/mol. The molecular weight excluding hydrogens is 415 g/mol. The smallest absolute Gasteiger partial charge is 0.417 e. The number of oxime groups is 1. The van der Waals surface area contributed by atoms with Crippen LogP contribution in [0.2, 0.25) is 0 Å². The Bertz CT molecular complexity index is 818. The summed E-state index contributed by atoms with van der Waals surface area (Å²) < 4.78 is 39.3. The van der Waals surface area contributed by atoms with E-state index >= 15 is 0 Å². The Hall–Kier alpha value is -2.22. The number of ketones is 1. The van der Waals surface area contributed by atoms with Gasteiger partial charge in [-0.15, -0.1) is 11.8 Å². The van der Waals surface area contributed by atoms with E-state index in [1.807, 2.05) is 6.92 Å². The molecule has 4 nitrogen and oxygen atoms in total. The van der Waals surface area contributed by atoms with Gasteiger partial charge in [0.15, 0.2) is 5.78 Å². The second kappa shape index (κ2) is 11.2. The molecule has 30 heavy (non-hydrogen) atoms. The first kappa shape index (κ1) is 24.1. The van der Waals surface area contributed by atoms with Gasteiger partial charge in [-0.3, -0.25) is 4.79 Å². The first-order valence-corrected chi connectivity index (χ1v) is 10.8. The number of rotatable bonds is 10. The zero-order chi connectivity index (χ0) is 22.1. The van der Waals surface area contributed by atoms with Gasteiger partial charge in [0.2, 0.25) is 0 Å². The Morgan fingerprint density at radius 2 is 2.10 bits per heavy atom. The van der Waals surface area contributed by atoms with E-state index in [1.54, 1.807) is 6.07 Å². The number of thioether (sulfide) groups is 1. The van der Waals surface area contributed by atoms with Gasteiger partial charge in [0.05, 0.1) is 16.8 Å². The molecule has 1 aliphatic rings. The number of carbonyl (C=O) groups is 1. The average Bonchev–Trinajstić information content (AvgIpc) is 2.67. The number of Topliss-reactive ketones (excluding diaryl/α,β-unsaturated/α-hetero) is 1. The summed E-state index contributed by atoms with van der Waals surface area (Å²) in [5, 5.41) is 14.5. The third kappa shape index (κ3) is 6.65. The summed E-state index contributed by atoms with van der Waals surface area (Å²) in [6.45, 7) is 5.68. The fourth-order valence-electron chi connectivity index (χ4n) is 3.29. The number of alkyl halides is 3. The van der Waals surface area contributed by atoms with Gasteiger partial charge >= 0.3 is 6.18 Å². The number of halogens is 3. The van der Waals surface area contributed by atoms with Crippen molar-refractivity contribution in [3.63, 3.8) is 0 Å². The molecule has 1 aliphatic carbocycles. The highest BCUT2D eigenvalue weighted by atomic mass is 32.2. The molecule has 8 heteroatoms. The Morgan fingerprint density at radius 1 is 1.37 bits per heavy atom. The number of carbonyl (C=O) groups excluding carboxylic acids is 1. The van der Waals surface area contributed by atoms with Crippen LogP contribution in [0.5, 0.6) is 0 Å². The van der Waals surface area contributed by atoms with Crippen molar-refractivity contribution in [3.8, 4) is 0 Å². The predicted molar refractivity (Wildman–Crippen MR) is 113 cm³/mol. The molecule has 0 aromatic heterocycles. The van der Waals surface area contributed by atoms with Gasteiger partial charge < -0.3 is 9.94 Å². The van der Waals surface area contributed by atoms with E-state index in [4.69, 9.17) is 4.84 Å². The van der Waals surface area contributed by atoms with Crippen molar-refractivity contribution in [1.82, 2.24) is 0 Å². The Balaban J connectivity index is 2.03. The minimum absolute atomic E-state index is 0.0219. The van der Waals surface area contributed by atoms with Crippen LogP contribution in [0.25, 0.3) is 0 Å². The molecule has 0 bridgehead atoms. The molecule has 1 aromatic rings. The first-order valence-electron chi connectivity index (χ1n) is 9.82. The van der Waals surface area contributed by atoms with Crippen molar-refractivity contribution in [2.24, 2.45) is 11.1 Å². The summed E-state index contributed by atoms with van der Waals surface area (Å²) in [5.41, 5.74) is -0.0132. The van der Waals surface area contributed by atoms with Gasteiger partial charge in [-0.2, -0.15) is 13.2 Å². The molecule has 2 rings (SSSR count). The van der Waals surface area contributed by atoms with E-state index in [0.717, 1.165) is 24.2 Å². The van der Waals surface area contributed by atoms with Crippen LogP contribution in [-0.4, -0.2) is 29.0 Å². The van der Waals surface area contributed by atoms with E-state index < -0.39 is 11.7 Å². The van der Waals surface area contributed by atoms with Gasteiger partial charge in [0, 0.05) is 17.7 Å². The lowest BCUT2D eigenvalue weighted by atomic mass is 9.83. The standard InChI is InChI=1S/C22H26F3NO3S/c1-3-7-17(26-29-11-4-2)21-18(27)13-15(14-19(21)28)10-12-30-20-9-6-5-8-16(20)22(23,24)25/h4-6,8-9,15,27H,2-3,7,10-14H2,1H3. The number of hydrogen-bond donors (Lipinski definition) is 1. The Kier molecular flexibility index (Phi) is 9.02. The molecule has 1 unspecified atom stereocenters. The number of allylic oxidation sites excluding steroid dienone is 2. The fraction of sp³-hybridized carbons (Fsp3) is 0.455. The largest absolute Gasteiger partial charge is 0.511 e. The van der Waals surface area contributed by atoms with E-state index in [-0.39, 0.29) is 41.0 Å². The summed E-state index contributed by atoms with van der Waals surface area (Å²) >= 11 is 1.12. The van der Waals surface area contributed by atoms with E-state index in [1.165, 1.54) is 18.2 Å². The highest BCUT2D eigenvalue weighted by Gasteiger charge is 2.34. The van der Waals surface area contributed by atoms with Crippen LogP contribution in [-0.2, 0) is 15.8 Å². The molecule has 0 amide bonds. The van der Waals surface area contributed by atoms with Gasteiger partial charge in [-0.25, -0.2) is 0 Å². The maximum atomic E-state index is 13.1. The second-order valence-electron chi connectivity index (χ2n) is 7.02. The number of aliphatic hydroxyl groups is 1. The van der Waals surface area contributed by atoms with Crippen LogP contribution in [0.4, 0.5) is 13.2 Å². The van der Waals surface area contributed by atoms with Gasteiger partial charge in [0.1, 0.15) is 12.4 Å². The maximum Gasteiger partial charge on any atom is 0.417 e. The first-order chi connectivity index (χ1) is 14.3. The molecule has 0 saturated heterocycles. The third-order valence-electron chi connectivity index (χ3n) is 4.64. The molecule has 0 fully saturated rings. The lowest BCUT2D eigenvalue weighted by Gasteiger charge is -2.24. The molecule has 1 aromatic carbocycles. The average molecular weight is 442 g/mol. The van der Waals surface area contributed by atoms with Crippen molar-refractivity contribution in [1.29, 1.82) is 0 Å². The lowest BCUT2D eigenvalue weighted by Crippen LogP contribution is -2.25. The maximum absolute atomic E-state index is 13.1. The van der Waals surface area contributed by atoms with Crippen molar-refractivity contribution < 1.29 is 27.9 Å². The van der Waals surface area contributed by atoms with Crippen LogP contribution in [0.15, 0.2) is 58.3 Å². The van der Waals surface area contributed by atoms with Crippen LogP contribution >= 0.6 is 11.8 Å². The summed E-state index contributed by atoms with van der Waals surface area (Å²) in [4.78, 5) is 17.9. The number of aliphatic hydroxyl groups excluding tert-OH is 1. The molecule has 1 N–H and O–H groups in total. The molecule has 0 saturated carbocycles. The summed E-state index contributed by atoms with van der Waals surface area (Å²) in [5.74, 6) is 0.0698. The highest BCUT2D eigenvalue weighted by Crippen LogP contribution is 2.38. The topological polar surface area (TPSA) is 58.9 Å². The third-order valence-corrected chi connectivity index (χ3v) is 5.75. The predicted octanol–water partition coefficient (Wildman–Crippen LogP) is 6.34. The highest BCUT2D eigenvalue weighted by molar-refractivity contribution is 7.99. The van der Waals surface area contributed by atoms with Crippen molar-refractivity contribution >= 4 is 23.3 Å². The molecule has 0 radical (unpaired) electrons. The van der Waals surface area contributed by atoms with Crippen molar-refractivity contribution in [2.45, 2.75) is 50.1 Å². The summed E-state index contributed by atoms with van der Waals surface area (Å²) in [7, 11) is 0. The second-order valence-corrected chi connectivity index (χ2v) is 8.16. The van der Waals surface area contributed by atoms with E-state index in [2.05, 4.69) is 11.7 Å². The lowest BCUT2D eigenvalue weighted by molar-refractivity contribution is -0.139. The minimum atomic E-state index is -4.40. The molecule has 164 valence electrons. The Labute approximate surface area is 178 Å². The van der Waals surface area contributed by atoms with Crippen LogP contribution < -0.4 is 0 Å². The SMILES string of the molecule is C=CCON=C(CCC)C1=C(O)CC(CCSc2ccccc2C(F)(F)F)CC1=O. The van der Waals surface area contributed by atoms with Crippen LogP contribution in [0, 0.1) is 5.92 Å².